The maximum Gasteiger partial charge on any atom is 0.191 e. The minimum Gasteiger partial charge on any atom is -0.378 e. The molecule has 0 aromatic heterocycles. The van der Waals surface area contributed by atoms with E-state index in [2.05, 4.69) is 9.89 Å². The van der Waals surface area contributed by atoms with E-state index < -0.39 is 0 Å². The van der Waals surface area contributed by atoms with Crippen molar-refractivity contribution in [2.45, 2.75) is 4.90 Å². The van der Waals surface area contributed by atoms with Crippen molar-refractivity contribution in [2.75, 3.05) is 38.6 Å². The number of ether oxygens (including phenoxy) is 1. The molecule has 112 valence electrons. The predicted molar refractivity (Wildman–Crippen MR) is 96.5 cm³/mol. The molecule has 2 rings (SSSR count). The van der Waals surface area contributed by atoms with Crippen molar-refractivity contribution in [3.05, 3.63) is 29.3 Å². The monoisotopic (exact) mass is 427 g/mol. The number of hydrogen-bond acceptors (Lipinski definition) is 3. The molecule has 7 heteroatoms. The second kappa shape index (κ2) is 9.70. The van der Waals surface area contributed by atoms with Crippen LogP contribution in [0.3, 0.4) is 0 Å². The fraction of sp³-hybridized carbons (Fsp3) is 0.462. The lowest BCUT2D eigenvalue weighted by Crippen LogP contribution is -2.44. The summed E-state index contributed by atoms with van der Waals surface area (Å²) >= 11 is 7.59. The molecule has 0 saturated carbocycles. The van der Waals surface area contributed by atoms with E-state index in [0.717, 1.165) is 43.6 Å². The standard InChI is InChI=1S/C13H18ClN3OS.HI/c14-11-1-3-12(4-2-11)19-10-5-16-13(15)17-6-8-18-9-7-17;/h1-4H,5-10H2,(H2,15,16);1H. The molecule has 0 atom stereocenters. The van der Waals surface area contributed by atoms with Gasteiger partial charge in [0, 0.05) is 28.8 Å². The molecule has 1 aromatic rings. The summed E-state index contributed by atoms with van der Waals surface area (Å²) in [5.74, 6) is 1.53. The third kappa shape index (κ3) is 6.07. The van der Waals surface area contributed by atoms with Crippen LogP contribution in [-0.2, 0) is 4.74 Å². The van der Waals surface area contributed by atoms with E-state index >= 15 is 0 Å². The number of halogens is 2. The van der Waals surface area contributed by atoms with Crippen LogP contribution in [0.1, 0.15) is 0 Å². The van der Waals surface area contributed by atoms with Crippen molar-refractivity contribution in [1.82, 2.24) is 4.90 Å². The number of guanidine groups is 1. The van der Waals surface area contributed by atoms with E-state index in [1.807, 2.05) is 24.3 Å². The molecule has 1 aliphatic heterocycles. The van der Waals surface area contributed by atoms with Crippen LogP contribution < -0.4 is 5.73 Å². The summed E-state index contributed by atoms with van der Waals surface area (Å²) in [5.41, 5.74) is 5.94. The zero-order chi connectivity index (χ0) is 13.5. The molecular weight excluding hydrogens is 409 g/mol. The van der Waals surface area contributed by atoms with Gasteiger partial charge in [-0.1, -0.05) is 11.6 Å². The van der Waals surface area contributed by atoms with Gasteiger partial charge in [0.05, 0.1) is 19.8 Å². The Labute approximate surface area is 146 Å². The van der Waals surface area contributed by atoms with Crippen molar-refractivity contribution >= 4 is 53.3 Å². The molecule has 1 aliphatic rings. The molecule has 1 saturated heterocycles. The average molecular weight is 428 g/mol. The summed E-state index contributed by atoms with van der Waals surface area (Å²) in [6, 6.07) is 7.83. The second-order valence-corrected chi connectivity index (χ2v) is 5.75. The number of thioether (sulfide) groups is 1. The van der Waals surface area contributed by atoms with Crippen molar-refractivity contribution in [3.63, 3.8) is 0 Å². The number of nitrogens with two attached hydrogens (primary N) is 1. The Bertz CT molecular complexity index is 424. The van der Waals surface area contributed by atoms with Crippen LogP contribution >= 0.6 is 47.3 Å². The maximum atomic E-state index is 5.94. The maximum absolute atomic E-state index is 5.94. The number of hydrogen-bond donors (Lipinski definition) is 1. The Kier molecular flexibility index (Phi) is 8.67. The summed E-state index contributed by atoms with van der Waals surface area (Å²) in [5, 5.41) is 0.763. The van der Waals surface area contributed by atoms with Gasteiger partial charge < -0.3 is 15.4 Å². The Morgan fingerprint density at radius 2 is 1.95 bits per heavy atom. The molecule has 2 N–H and O–H groups in total. The van der Waals surface area contributed by atoms with Crippen LogP contribution in [-0.4, -0.2) is 49.5 Å². The van der Waals surface area contributed by atoms with Gasteiger partial charge >= 0.3 is 0 Å². The molecule has 0 amide bonds. The second-order valence-electron chi connectivity index (χ2n) is 4.14. The molecule has 4 nitrogen and oxygen atoms in total. The van der Waals surface area contributed by atoms with Crippen molar-refractivity contribution in [3.8, 4) is 0 Å². The van der Waals surface area contributed by atoms with Crippen LogP contribution in [0.25, 0.3) is 0 Å². The lowest BCUT2D eigenvalue weighted by Gasteiger charge is -2.27. The van der Waals surface area contributed by atoms with Gasteiger partial charge in [0.25, 0.3) is 0 Å². The predicted octanol–water partition coefficient (Wildman–Crippen LogP) is 2.70. The molecular formula is C13H19ClIN3OS. The molecule has 1 fully saturated rings. The van der Waals surface area contributed by atoms with E-state index in [-0.39, 0.29) is 24.0 Å². The topological polar surface area (TPSA) is 50.8 Å². The highest BCUT2D eigenvalue weighted by Gasteiger charge is 2.11. The van der Waals surface area contributed by atoms with E-state index in [9.17, 15) is 0 Å². The van der Waals surface area contributed by atoms with Crippen LogP contribution in [0.4, 0.5) is 0 Å². The highest BCUT2D eigenvalue weighted by Crippen LogP contribution is 2.19. The molecule has 1 heterocycles. The SMILES string of the molecule is I.NC(=NCCSc1ccc(Cl)cc1)N1CCOCC1. The molecule has 20 heavy (non-hydrogen) atoms. The Balaban J connectivity index is 0.00000200. The first-order chi connectivity index (χ1) is 9.25. The van der Waals surface area contributed by atoms with Gasteiger partial charge in [-0.05, 0) is 24.3 Å². The first kappa shape index (κ1) is 17.9. The highest BCUT2D eigenvalue weighted by molar-refractivity contribution is 14.0. The Hall–Kier alpha value is -0.180. The first-order valence-corrected chi connectivity index (χ1v) is 7.63. The van der Waals surface area contributed by atoms with Crippen molar-refractivity contribution < 1.29 is 4.74 Å². The van der Waals surface area contributed by atoms with Gasteiger partial charge in [0.1, 0.15) is 0 Å². The van der Waals surface area contributed by atoms with Crippen molar-refractivity contribution in [2.24, 2.45) is 10.7 Å². The fourth-order valence-electron chi connectivity index (χ4n) is 1.75. The van der Waals surface area contributed by atoms with E-state index in [1.54, 1.807) is 11.8 Å². The number of benzene rings is 1. The van der Waals surface area contributed by atoms with E-state index in [1.165, 1.54) is 4.90 Å². The Morgan fingerprint density at radius 1 is 1.30 bits per heavy atom. The molecule has 1 aromatic carbocycles. The summed E-state index contributed by atoms with van der Waals surface area (Å²) < 4.78 is 5.28. The van der Waals surface area contributed by atoms with Gasteiger partial charge in [-0.25, -0.2) is 0 Å². The van der Waals surface area contributed by atoms with Crippen LogP contribution in [0.15, 0.2) is 34.2 Å². The molecule has 0 aliphatic carbocycles. The normalized spacial score (nSPS) is 15.8. The van der Waals surface area contributed by atoms with Crippen molar-refractivity contribution in [1.29, 1.82) is 0 Å². The number of aliphatic imine (C=N–C) groups is 1. The zero-order valence-corrected chi connectivity index (χ0v) is 15.0. The third-order valence-electron chi connectivity index (χ3n) is 2.78. The highest BCUT2D eigenvalue weighted by atomic mass is 127. The lowest BCUT2D eigenvalue weighted by molar-refractivity contribution is 0.0674. The van der Waals surface area contributed by atoms with Crippen LogP contribution in [0.5, 0.6) is 0 Å². The third-order valence-corrected chi connectivity index (χ3v) is 4.03. The zero-order valence-electron chi connectivity index (χ0n) is 11.1. The van der Waals surface area contributed by atoms with Gasteiger partial charge in [-0.15, -0.1) is 35.7 Å². The molecule has 0 unspecified atom stereocenters. The van der Waals surface area contributed by atoms with Crippen LogP contribution in [0, 0.1) is 0 Å². The summed E-state index contributed by atoms with van der Waals surface area (Å²) in [6.45, 7) is 3.85. The van der Waals surface area contributed by atoms with Gasteiger partial charge in [0.15, 0.2) is 5.96 Å². The van der Waals surface area contributed by atoms with Gasteiger partial charge in [-0.3, -0.25) is 4.99 Å². The Morgan fingerprint density at radius 3 is 2.60 bits per heavy atom. The summed E-state index contributed by atoms with van der Waals surface area (Å²) in [7, 11) is 0. The molecule has 0 bridgehead atoms. The van der Waals surface area contributed by atoms with E-state index in [0.29, 0.717) is 5.96 Å². The molecule has 0 radical (unpaired) electrons. The smallest absolute Gasteiger partial charge is 0.191 e. The fourth-order valence-corrected chi connectivity index (χ4v) is 2.62. The summed E-state index contributed by atoms with van der Waals surface area (Å²) in [4.78, 5) is 7.66. The minimum absolute atomic E-state index is 0. The van der Waals surface area contributed by atoms with E-state index in [4.69, 9.17) is 22.1 Å². The summed E-state index contributed by atoms with van der Waals surface area (Å²) in [6.07, 6.45) is 0. The number of nitrogens with zero attached hydrogens (tertiary/aromatic N) is 2. The lowest BCUT2D eigenvalue weighted by atomic mass is 10.4. The van der Waals surface area contributed by atoms with Crippen LogP contribution in [0.2, 0.25) is 5.02 Å². The largest absolute Gasteiger partial charge is 0.378 e. The van der Waals surface area contributed by atoms with Gasteiger partial charge in [0.2, 0.25) is 0 Å². The quantitative estimate of drug-likeness (QED) is 0.264. The number of rotatable bonds is 4. The minimum atomic E-state index is 0. The molecule has 0 spiro atoms. The van der Waals surface area contributed by atoms with Gasteiger partial charge in [-0.2, -0.15) is 0 Å². The first-order valence-electron chi connectivity index (χ1n) is 6.27. The average Bonchev–Trinajstić information content (AvgIpc) is 2.46. The number of morpholine rings is 1.